The molecule has 0 bridgehead atoms. The maximum atomic E-state index is 12.7. The summed E-state index contributed by atoms with van der Waals surface area (Å²) in [5.41, 5.74) is 0. The van der Waals surface area contributed by atoms with Crippen molar-refractivity contribution in [2.24, 2.45) is 0 Å². The average molecular weight is 667 g/mol. The van der Waals surface area contributed by atoms with Crippen molar-refractivity contribution in [1.82, 2.24) is 8.61 Å². The third-order valence-electron chi connectivity index (χ3n) is 4.29. The monoisotopic (exact) mass is 666 g/mol. The van der Waals surface area contributed by atoms with E-state index in [1.165, 1.54) is 0 Å². The lowest BCUT2D eigenvalue weighted by Crippen LogP contribution is -2.65. The molecule has 20 nitrogen and oxygen atoms in total. The number of aliphatic hydroxyl groups excluding tert-OH is 6. The topological polar surface area (TPSA) is 333 Å². The van der Waals surface area contributed by atoms with Crippen LogP contribution in [0.2, 0.25) is 0 Å². The number of sulfonamides is 2. The first kappa shape index (κ1) is 36.4. The summed E-state index contributed by atoms with van der Waals surface area (Å²) in [4.78, 5) is 0. The zero-order valence-corrected chi connectivity index (χ0v) is 23.5. The van der Waals surface area contributed by atoms with Gasteiger partial charge in [0.25, 0.3) is 0 Å². The summed E-state index contributed by atoms with van der Waals surface area (Å²) < 4.78 is 142. The van der Waals surface area contributed by atoms with Crippen molar-refractivity contribution in [1.29, 1.82) is 0 Å². The number of nitrogens with zero attached hydrogens (tertiary/aromatic N) is 2. The molecular weight excluding hydrogens is 641 g/mol. The van der Waals surface area contributed by atoms with Gasteiger partial charge in [0.2, 0.25) is 68.8 Å². The lowest BCUT2D eigenvalue weighted by Gasteiger charge is -2.41. The molecule has 0 radical (unpaired) electrons. The van der Waals surface area contributed by atoms with Crippen molar-refractivity contribution in [2.75, 3.05) is 35.6 Å². The molecule has 0 fully saturated rings. The minimum absolute atomic E-state index is 0.743. The SMILES string of the molecule is CCC(N(C(S(=O)(=O)CO)S(=O)(=O)CO)S(=O)(=O)CO)N(C(S(=O)(=O)CO)S(=O)(=O)CO)S(=O)(=O)CO. The van der Waals surface area contributed by atoms with Gasteiger partial charge in [-0.2, -0.15) is 0 Å². The van der Waals surface area contributed by atoms with Gasteiger partial charge in [-0.15, -0.1) is 8.61 Å². The summed E-state index contributed by atoms with van der Waals surface area (Å²) >= 11 is 0. The molecule has 0 aromatic rings. The minimum atomic E-state index is -5.80. The lowest BCUT2D eigenvalue weighted by molar-refractivity contribution is 0.171. The number of rotatable bonds is 17. The lowest BCUT2D eigenvalue weighted by atomic mass is 10.4. The van der Waals surface area contributed by atoms with Gasteiger partial charge in [0, 0.05) is 0 Å². The molecule has 224 valence electrons. The van der Waals surface area contributed by atoms with Gasteiger partial charge in [-0.1, -0.05) is 6.92 Å². The molecule has 0 unspecified atom stereocenters. The Labute approximate surface area is 213 Å². The summed E-state index contributed by atoms with van der Waals surface area (Å²) in [7, 11) is -34.4. The fraction of sp³-hybridized carbons (Fsp3) is 1.00. The van der Waals surface area contributed by atoms with Gasteiger partial charge in [0.1, 0.15) is 23.8 Å². The highest BCUT2D eigenvalue weighted by Crippen LogP contribution is 2.32. The molecule has 0 aliphatic heterocycles. The Morgan fingerprint density at radius 1 is 0.459 bits per heavy atom. The molecule has 26 heteroatoms. The molecule has 0 atom stereocenters. The van der Waals surface area contributed by atoms with Crippen LogP contribution in [-0.2, 0) is 59.4 Å². The highest BCUT2D eigenvalue weighted by Gasteiger charge is 2.57. The van der Waals surface area contributed by atoms with Gasteiger partial charge in [0.05, 0.1) is 6.17 Å². The third kappa shape index (κ3) is 7.74. The van der Waals surface area contributed by atoms with Gasteiger partial charge in [-0.3, -0.25) is 0 Å². The molecule has 0 amide bonds. The minimum Gasteiger partial charge on any atom is -0.380 e. The van der Waals surface area contributed by atoms with E-state index in [0.717, 1.165) is 6.92 Å². The molecule has 0 spiro atoms. The summed E-state index contributed by atoms with van der Waals surface area (Å²) in [5.74, 6) is -13.2. The van der Waals surface area contributed by atoms with Gasteiger partial charge >= 0.3 is 0 Å². The van der Waals surface area contributed by atoms with Crippen LogP contribution in [0.1, 0.15) is 13.3 Å². The molecular formula is C11H26N2O18S6. The zero-order chi connectivity index (χ0) is 29.8. The van der Waals surface area contributed by atoms with Crippen LogP contribution in [0, 0.1) is 0 Å². The van der Waals surface area contributed by atoms with E-state index in [-0.39, 0.29) is 0 Å². The molecule has 0 saturated carbocycles. The van der Waals surface area contributed by atoms with Crippen molar-refractivity contribution in [2.45, 2.75) is 28.9 Å². The quantitative estimate of drug-likeness (QED) is 0.0785. The van der Waals surface area contributed by atoms with Crippen molar-refractivity contribution in [3.63, 3.8) is 0 Å². The zero-order valence-electron chi connectivity index (χ0n) is 18.6. The first-order chi connectivity index (χ1) is 16.5. The molecule has 6 N–H and O–H groups in total. The van der Waals surface area contributed by atoms with Gasteiger partial charge in [-0.25, -0.2) is 50.5 Å². The van der Waals surface area contributed by atoms with E-state index >= 15 is 0 Å². The Kier molecular flexibility index (Phi) is 12.5. The van der Waals surface area contributed by atoms with Crippen LogP contribution < -0.4 is 0 Å². The highest BCUT2D eigenvalue weighted by atomic mass is 32.3. The van der Waals surface area contributed by atoms with Gasteiger partial charge in [-0.05, 0) is 6.42 Å². The fourth-order valence-electron chi connectivity index (χ4n) is 2.85. The van der Waals surface area contributed by atoms with Gasteiger partial charge in [0.15, 0.2) is 11.9 Å². The van der Waals surface area contributed by atoms with Crippen molar-refractivity contribution in [3.05, 3.63) is 0 Å². The third-order valence-corrected chi connectivity index (χ3v) is 16.0. The van der Waals surface area contributed by atoms with E-state index in [2.05, 4.69) is 0 Å². The van der Waals surface area contributed by atoms with Crippen molar-refractivity contribution >= 4 is 59.4 Å². The van der Waals surface area contributed by atoms with Crippen LogP contribution in [-0.4, -0.2) is 141 Å². The maximum absolute atomic E-state index is 12.7. The molecule has 0 rings (SSSR count). The second-order valence-electron chi connectivity index (χ2n) is 6.81. The van der Waals surface area contributed by atoms with Crippen LogP contribution in [0.15, 0.2) is 0 Å². The molecule has 0 aliphatic carbocycles. The van der Waals surface area contributed by atoms with Crippen molar-refractivity contribution in [3.8, 4) is 0 Å². The predicted molar refractivity (Wildman–Crippen MR) is 121 cm³/mol. The standard InChI is InChI=1S/C11H26N2O18S6/c1-2-9(12(36(28,29)7-18)10(32(20,21)3-14)33(22,23)4-15)13(37(30,31)8-19)11(34(24,25)5-16)35(26,27)6-17/h9-11,14-19H,2-8H2,1H3. The maximum Gasteiger partial charge on any atom is 0.241 e. The number of aliphatic hydroxyl groups is 6. The number of hydrogen-bond donors (Lipinski definition) is 6. The number of hydrogen-bond acceptors (Lipinski definition) is 18. The van der Waals surface area contributed by atoms with E-state index < -0.39 is 126 Å². The van der Waals surface area contributed by atoms with E-state index in [1.54, 1.807) is 0 Å². The normalized spacial score (nSPS) is 14.9. The Morgan fingerprint density at radius 2 is 0.676 bits per heavy atom. The number of sulfone groups is 4. The van der Waals surface area contributed by atoms with E-state index in [0.29, 0.717) is 0 Å². The first-order valence-corrected chi connectivity index (χ1v) is 19.2. The largest absolute Gasteiger partial charge is 0.380 e. The molecule has 37 heavy (non-hydrogen) atoms. The molecule has 0 saturated heterocycles. The molecule has 0 aromatic heterocycles. The summed E-state index contributed by atoms with van der Waals surface area (Å²) in [5, 5.41) is 55.5. The van der Waals surface area contributed by atoms with Crippen LogP contribution in [0.4, 0.5) is 0 Å². The smallest absolute Gasteiger partial charge is 0.241 e. The Balaban J connectivity index is 8.30. The van der Waals surface area contributed by atoms with Gasteiger partial charge < -0.3 is 30.6 Å². The molecule has 0 aromatic carbocycles. The molecule has 0 heterocycles. The summed E-state index contributed by atoms with van der Waals surface area (Å²) in [6.07, 6.45) is -4.32. The molecule has 0 aliphatic rings. The highest BCUT2D eigenvalue weighted by molar-refractivity contribution is 8.10. The van der Waals surface area contributed by atoms with Crippen LogP contribution in [0.25, 0.3) is 0 Å². The summed E-state index contributed by atoms with van der Waals surface area (Å²) in [6, 6.07) is 0. The second-order valence-corrected chi connectivity index (χ2v) is 19.2. The Bertz CT molecular complexity index is 1250. The van der Waals surface area contributed by atoms with E-state index in [4.69, 9.17) is 0 Å². The van der Waals surface area contributed by atoms with Crippen LogP contribution in [0.5, 0.6) is 0 Å². The fourth-order valence-corrected chi connectivity index (χ4v) is 14.7. The van der Waals surface area contributed by atoms with Crippen LogP contribution >= 0.6 is 0 Å². The summed E-state index contributed by atoms with van der Waals surface area (Å²) in [6.45, 7) is 0.743. The second kappa shape index (κ2) is 12.7. The average Bonchev–Trinajstić information content (AvgIpc) is 2.82. The Hall–Kier alpha value is -0.620. The van der Waals surface area contributed by atoms with Crippen molar-refractivity contribution < 1.29 is 81.1 Å². The Morgan fingerprint density at radius 3 is 0.811 bits per heavy atom. The van der Waals surface area contributed by atoms with Crippen LogP contribution in [0.3, 0.4) is 0 Å². The predicted octanol–water partition coefficient (Wildman–Crippen LogP) is -7.09. The van der Waals surface area contributed by atoms with E-state index in [1.807, 2.05) is 0 Å². The first-order valence-electron chi connectivity index (χ1n) is 9.09. The van der Waals surface area contributed by atoms with E-state index in [9.17, 15) is 81.1 Å².